The molecular formula is C17H26N2O. The van der Waals surface area contributed by atoms with Gasteiger partial charge in [0.15, 0.2) is 0 Å². The number of carbonyl (C=O) groups is 1. The van der Waals surface area contributed by atoms with E-state index < -0.39 is 0 Å². The van der Waals surface area contributed by atoms with E-state index in [1.807, 2.05) is 23.1 Å². The molecule has 1 amide bonds. The van der Waals surface area contributed by atoms with E-state index in [0.717, 1.165) is 24.9 Å². The van der Waals surface area contributed by atoms with Crippen LogP contribution in [-0.2, 0) is 11.2 Å². The number of benzene rings is 1. The molecule has 0 bridgehead atoms. The molecule has 0 aliphatic carbocycles. The minimum atomic E-state index is 0.0638. The van der Waals surface area contributed by atoms with E-state index in [0.29, 0.717) is 13.0 Å². The molecule has 3 nitrogen and oxygen atoms in total. The largest absolute Gasteiger partial charge is 0.326 e. The van der Waals surface area contributed by atoms with Gasteiger partial charge in [-0.15, -0.1) is 0 Å². The summed E-state index contributed by atoms with van der Waals surface area (Å²) in [5, 5.41) is 0. The van der Waals surface area contributed by atoms with E-state index in [1.54, 1.807) is 0 Å². The quantitative estimate of drug-likeness (QED) is 0.809. The fraction of sp³-hybridized carbons (Fsp3) is 0.588. The molecule has 1 aromatic carbocycles. The second-order valence-electron chi connectivity index (χ2n) is 5.76. The number of para-hydroxylation sites is 1. The Morgan fingerprint density at radius 1 is 1.25 bits per heavy atom. The summed E-state index contributed by atoms with van der Waals surface area (Å²) in [5.74, 6) is 0.226. The molecule has 0 aromatic heterocycles. The Bertz CT molecular complexity index is 444. The molecule has 1 atom stereocenters. The number of fused-ring (bicyclic) bond motifs is 1. The highest BCUT2D eigenvalue weighted by Gasteiger charge is 2.25. The zero-order valence-corrected chi connectivity index (χ0v) is 12.5. The second-order valence-corrected chi connectivity index (χ2v) is 5.76. The van der Waals surface area contributed by atoms with Crippen molar-refractivity contribution >= 4 is 11.6 Å². The maximum atomic E-state index is 12.4. The zero-order valence-electron chi connectivity index (χ0n) is 12.5. The Labute approximate surface area is 122 Å². The lowest BCUT2D eigenvalue weighted by Crippen LogP contribution is -2.46. The molecule has 1 unspecified atom stereocenters. The van der Waals surface area contributed by atoms with Crippen LogP contribution in [0.1, 0.15) is 51.0 Å². The van der Waals surface area contributed by atoms with Crippen molar-refractivity contribution in [2.24, 2.45) is 5.73 Å². The number of anilines is 1. The first kappa shape index (κ1) is 15.0. The number of hydrogen-bond donors (Lipinski definition) is 1. The number of nitrogens with two attached hydrogens (primary N) is 1. The van der Waals surface area contributed by atoms with Crippen molar-refractivity contribution in [2.45, 2.75) is 57.9 Å². The summed E-state index contributed by atoms with van der Waals surface area (Å²) in [5.41, 5.74) is 8.34. The van der Waals surface area contributed by atoms with Crippen LogP contribution in [0.3, 0.4) is 0 Å². The summed E-state index contributed by atoms with van der Waals surface area (Å²) in [6.07, 6.45) is 7.41. The number of rotatable bonds is 6. The highest BCUT2D eigenvalue weighted by atomic mass is 16.2. The standard InChI is InChI=1S/C17H26N2O/c1-2-3-4-5-6-11-17(20)19-13-15(18)12-14-9-7-8-10-16(14)19/h7-10,15H,2-6,11-13,18H2,1H3. The number of amides is 1. The molecule has 1 heterocycles. The van der Waals surface area contributed by atoms with Crippen molar-refractivity contribution in [3.63, 3.8) is 0 Å². The third-order valence-corrected chi connectivity index (χ3v) is 3.98. The first-order valence-electron chi connectivity index (χ1n) is 7.86. The van der Waals surface area contributed by atoms with Gasteiger partial charge in [0, 0.05) is 24.7 Å². The SMILES string of the molecule is CCCCCCCC(=O)N1CC(N)Cc2ccccc21. The Kier molecular flexibility index (Phi) is 5.60. The molecule has 1 aromatic rings. The summed E-state index contributed by atoms with van der Waals surface area (Å²) in [6.45, 7) is 2.86. The van der Waals surface area contributed by atoms with Crippen LogP contribution in [0.4, 0.5) is 5.69 Å². The zero-order chi connectivity index (χ0) is 14.4. The van der Waals surface area contributed by atoms with Crippen LogP contribution >= 0.6 is 0 Å². The first-order chi connectivity index (χ1) is 9.72. The lowest BCUT2D eigenvalue weighted by atomic mass is 9.98. The molecule has 0 radical (unpaired) electrons. The minimum Gasteiger partial charge on any atom is -0.326 e. The van der Waals surface area contributed by atoms with Gasteiger partial charge in [-0.2, -0.15) is 0 Å². The molecule has 3 heteroatoms. The van der Waals surface area contributed by atoms with Crippen LogP contribution in [0.25, 0.3) is 0 Å². The molecule has 0 saturated carbocycles. The number of unbranched alkanes of at least 4 members (excludes halogenated alkanes) is 4. The van der Waals surface area contributed by atoms with Crippen molar-refractivity contribution in [2.75, 3.05) is 11.4 Å². The summed E-state index contributed by atoms with van der Waals surface area (Å²) in [4.78, 5) is 14.3. The van der Waals surface area contributed by atoms with Crippen molar-refractivity contribution in [1.29, 1.82) is 0 Å². The predicted octanol–water partition coefficient (Wildman–Crippen LogP) is 3.26. The van der Waals surface area contributed by atoms with Crippen LogP contribution < -0.4 is 10.6 Å². The van der Waals surface area contributed by atoms with Gasteiger partial charge in [-0.05, 0) is 24.5 Å². The van der Waals surface area contributed by atoms with E-state index >= 15 is 0 Å². The Morgan fingerprint density at radius 2 is 2.00 bits per heavy atom. The van der Waals surface area contributed by atoms with Gasteiger partial charge in [0.25, 0.3) is 0 Å². The van der Waals surface area contributed by atoms with Crippen LogP contribution in [0, 0.1) is 0 Å². The molecular weight excluding hydrogens is 248 g/mol. The second kappa shape index (κ2) is 7.44. The van der Waals surface area contributed by atoms with Crippen LogP contribution in [0.15, 0.2) is 24.3 Å². The molecule has 0 fully saturated rings. The summed E-state index contributed by atoms with van der Waals surface area (Å²) in [7, 11) is 0. The van der Waals surface area contributed by atoms with Gasteiger partial charge in [0.2, 0.25) is 5.91 Å². The molecule has 0 saturated heterocycles. The molecule has 1 aliphatic rings. The highest BCUT2D eigenvalue weighted by molar-refractivity contribution is 5.94. The third-order valence-electron chi connectivity index (χ3n) is 3.98. The van der Waals surface area contributed by atoms with Gasteiger partial charge in [-0.1, -0.05) is 50.8 Å². The highest BCUT2D eigenvalue weighted by Crippen LogP contribution is 2.27. The molecule has 2 N–H and O–H groups in total. The van der Waals surface area contributed by atoms with Crippen LogP contribution in [0.5, 0.6) is 0 Å². The third kappa shape index (κ3) is 3.83. The molecule has 1 aliphatic heterocycles. The lowest BCUT2D eigenvalue weighted by molar-refractivity contribution is -0.118. The average molecular weight is 274 g/mol. The number of nitrogens with zero attached hydrogens (tertiary/aromatic N) is 1. The van der Waals surface area contributed by atoms with E-state index in [1.165, 1.54) is 24.8 Å². The van der Waals surface area contributed by atoms with E-state index in [-0.39, 0.29) is 11.9 Å². The van der Waals surface area contributed by atoms with Gasteiger partial charge in [-0.25, -0.2) is 0 Å². The predicted molar refractivity (Wildman–Crippen MR) is 83.9 cm³/mol. The monoisotopic (exact) mass is 274 g/mol. The average Bonchev–Trinajstić information content (AvgIpc) is 2.46. The molecule has 2 rings (SSSR count). The summed E-state index contributed by atoms with van der Waals surface area (Å²) < 4.78 is 0. The fourth-order valence-corrected chi connectivity index (χ4v) is 2.88. The molecule has 0 spiro atoms. The number of hydrogen-bond acceptors (Lipinski definition) is 2. The van der Waals surface area contributed by atoms with Gasteiger partial charge in [0.05, 0.1) is 0 Å². The maximum Gasteiger partial charge on any atom is 0.227 e. The van der Waals surface area contributed by atoms with E-state index in [9.17, 15) is 4.79 Å². The molecule has 110 valence electrons. The van der Waals surface area contributed by atoms with Gasteiger partial charge >= 0.3 is 0 Å². The Balaban J connectivity index is 1.93. The fourth-order valence-electron chi connectivity index (χ4n) is 2.88. The van der Waals surface area contributed by atoms with E-state index in [4.69, 9.17) is 5.73 Å². The lowest BCUT2D eigenvalue weighted by Gasteiger charge is -2.33. The van der Waals surface area contributed by atoms with Crippen molar-refractivity contribution in [3.05, 3.63) is 29.8 Å². The smallest absolute Gasteiger partial charge is 0.227 e. The van der Waals surface area contributed by atoms with Crippen molar-refractivity contribution in [3.8, 4) is 0 Å². The van der Waals surface area contributed by atoms with Crippen molar-refractivity contribution < 1.29 is 4.79 Å². The molecule has 20 heavy (non-hydrogen) atoms. The Morgan fingerprint density at radius 3 is 2.80 bits per heavy atom. The summed E-state index contributed by atoms with van der Waals surface area (Å²) in [6, 6.07) is 8.20. The van der Waals surface area contributed by atoms with Gasteiger partial charge in [0.1, 0.15) is 0 Å². The van der Waals surface area contributed by atoms with Crippen molar-refractivity contribution in [1.82, 2.24) is 0 Å². The van der Waals surface area contributed by atoms with E-state index in [2.05, 4.69) is 13.0 Å². The minimum absolute atomic E-state index is 0.0638. The maximum absolute atomic E-state index is 12.4. The van der Waals surface area contributed by atoms with Crippen LogP contribution in [0.2, 0.25) is 0 Å². The Hall–Kier alpha value is -1.35. The van der Waals surface area contributed by atoms with Gasteiger partial charge in [-0.3, -0.25) is 4.79 Å². The van der Waals surface area contributed by atoms with Gasteiger partial charge < -0.3 is 10.6 Å². The first-order valence-corrected chi connectivity index (χ1v) is 7.86. The topological polar surface area (TPSA) is 46.3 Å². The number of carbonyl (C=O) groups excluding carboxylic acids is 1. The summed E-state index contributed by atoms with van der Waals surface area (Å²) >= 11 is 0. The normalized spacial score (nSPS) is 17.9. The van der Waals surface area contributed by atoms with Crippen LogP contribution in [-0.4, -0.2) is 18.5 Å².